The van der Waals surface area contributed by atoms with Crippen LogP contribution in [0.3, 0.4) is 0 Å². The highest BCUT2D eigenvalue weighted by Crippen LogP contribution is 2.37. The van der Waals surface area contributed by atoms with Crippen LogP contribution >= 0.6 is 11.8 Å². The van der Waals surface area contributed by atoms with E-state index in [9.17, 15) is 0 Å². The summed E-state index contributed by atoms with van der Waals surface area (Å²) in [7, 11) is 0. The van der Waals surface area contributed by atoms with Gasteiger partial charge in [0.2, 0.25) is 0 Å². The third-order valence-electron chi connectivity index (χ3n) is 4.50. The van der Waals surface area contributed by atoms with Crippen molar-refractivity contribution in [3.8, 4) is 0 Å². The number of rotatable bonds is 2. The fourth-order valence-electron chi connectivity index (χ4n) is 3.36. The highest BCUT2D eigenvalue weighted by Gasteiger charge is 2.28. The van der Waals surface area contributed by atoms with Crippen molar-refractivity contribution >= 4 is 33.3 Å². The first kappa shape index (κ1) is 16.7. The van der Waals surface area contributed by atoms with Gasteiger partial charge < -0.3 is 0 Å². The summed E-state index contributed by atoms with van der Waals surface area (Å²) in [4.78, 5) is 8.92. The topological polar surface area (TPSA) is 61.1 Å². The van der Waals surface area contributed by atoms with Gasteiger partial charge in [0.05, 0.1) is 5.54 Å². The molecular weight excluding hydrogens is 340 g/mol. The molecule has 3 aromatic rings. The SMILES string of the molecule is CC1(C)Cc2c(ccc3ccccc23)C(Sc2ccc(N=[N+]=[N-])cc2)=N1. The lowest BCUT2D eigenvalue weighted by Crippen LogP contribution is -2.28. The highest BCUT2D eigenvalue weighted by atomic mass is 32.2. The molecule has 128 valence electrons. The van der Waals surface area contributed by atoms with Gasteiger partial charge in [0, 0.05) is 21.1 Å². The number of azide groups is 1. The molecule has 0 saturated carbocycles. The van der Waals surface area contributed by atoms with Crippen molar-refractivity contribution in [3.05, 3.63) is 82.2 Å². The average molecular weight is 358 g/mol. The maximum absolute atomic E-state index is 8.54. The lowest BCUT2D eigenvalue weighted by molar-refractivity contribution is 0.517. The largest absolute Gasteiger partial charge is 0.271 e. The molecule has 0 N–H and O–H groups in total. The second-order valence-corrected chi connectivity index (χ2v) is 8.07. The Labute approximate surface area is 156 Å². The number of aliphatic imine (C=N–C) groups is 1. The van der Waals surface area contributed by atoms with Gasteiger partial charge in [0.25, 0.3) is 0 Å². The molecule has 4 rings (SSSR count). The van der Waals surface area contributed by atoms with Crippen molar-refractivity contribution in [2.45, 2.75) is 30.7 Å². The minimum absolute atomic E-state index is 0.134. The van der Waals surface area contributed by atoms with E-state index >= 15 is 0 Å². The summed E-state index contributed by atoms with van der Waals surface area (Å²) >= 11 is 1.66. The minimum atomic E-state index is -0.134. The second kappa shape index (κ2) is 6.52. The van der Waals surface area contributed by atoms with Crippen LogP contribution in [-0.4, -0.2) is 10.6 Å². The molecular formula is C21H18N4S. The van der Waals surface area contributed by atoms with Crippen molar-refractivity contribution in [3.63, 3.8) is 0 Å². The predicted octanol–water partition coefficient (Wildman–Crippen LogP) is 6.66. The second-order valence-electron chi connectivity index (χ2n) is 7.00. The van der Waals surface area contributed by atoms with Gasteiger partial charge in [0.1, 0.15) is 5.04 Å². The van der Waals surface area contributed by atoms with Gasteiger partial charge in [-0.3, -0.25) is 4.99 Å². The van der Waals surface area contributed by atoms with Crippen LogP contribution in [0.25, 0.3) is 21.2 Å². The summed E-state index contributed by atoms with van der Waals surface area (Å²) in [5.74, 6) is 0. The van der Waals surface area contributed by atoms with Crippen LogP contribution in [0, 0.1) is 0 Å². The van der Waals surface area contributed by atoms with E-state index in [1.807, 2.05) is 24.3 Å². The number of fused-ring (bicyclic) bond motifs is 3. The fraction of sp³-hybridized carbons (Fsp3) is 0.190. The maximum Gasteiger partial charge on any atom is 0.103 e. The van der Waals surface area contributed by atoms with Gasteiger partial charge >= 0.3 is 0 Å². The zero-order valence-corrected chi connectivity index (χ0v) is 15.5. The Kier molecular flexibility index (Phi) is 4.19. The van der Waals surface area contributed by atoms with E-state index in [-0.39, 0.29) is 5.54 Å². The lowest BCUT2D eigenvalue weighted by Gasteiger charge is -2.29. The standard InChI is InChI=1S/C21H18N4S/c1-21(2)13-19-17-6-4-3-5-14(17)7-12-18(19)20(23-21)26-16-10-8-15(9-11-16)24-25-22/h3-12H,13H2,1-2H3. The van der Waals surface area contributed by atoms with Gasteiger partial charge in [0.15, 0.2) is 0 Å². The molecule has 26 heavy (non-hydrogen) atoms. The molecule has 0 spiro atoms. The summed E-state index contributed by atoms with van der Waals surface area (Å²) < 4.78 is 0. The smallest absolute Gasteiger partial charge is 0.103 e. The molecule has 1 aliphatic rings. The Hall–Kier alpha value is -2.75. The molecule has 3 aromatic carbocycles. The van der Waals surface area contributed by atoms with E-state index in [4.69, 9.17) is 10.5 Å². The molecule has 0 aliphatic carbocycles. The van der Waals surface area contributed by atoms with Crippen LogP contribution < -0.4 is 0 Å². The van der Waals surface area contributed by atoms with Gasteiger partial charge in [-0.05, 0) is 54.3 Å². The Balaban J connectivity index is 1.77. The molecule has 5 heteroatoms. The Morgan fingerprint density at radius 3 is 2.58 bits per heavy atom. The third kappa shape index (κ3) is 3.19. The van der Waals surface area contributed by atoms with Crippen molar-refractivity contribution in [2.24, 2.45) is 10.1 Å². The first-order valence-corrected chi connectivity index (χ1v) is 9.31. The Morgan fingerprint density at radius 2 is 1.81 bits per heavy atom. The average Bonchev–Trinajstić information content (AvgIpc) is 2.63. The number of hydrogen-bond donors (Lipinski definition) is 0. The number of thioether (sulfide) groups is 1. The molecule has 1 heterocycles. The maximum atomic E-state index is 8.54. The molecule has 0 fully saturated rings. The fourth-order valence-corrected chi connectivity index (χ4v) is 4.45. The molecule has 0 unspecified atom stereocenters. The van der Waals surface area contributed by atoms with E-state index in [2.05, 4.69) is 60.3 Å². The molecule has 0 radical (unpaired) electrons. The molecule has 0 atom stereocenters. The van der Waals surface area contributed by atoms with Crippen LogP contribution in [0.1, 0.15) is 25.0 Å². The Morgan fingerprint density at radius 1 is 1.04 bits per heavy atom. The van der Waals surface area contributed by atoms with Gasteiger partial charge in [-0.1, -0.05) is 65.4 Å². The molecule has 0 saturated heterocycles. The molecule has 0 aromatic heterocycles. The summed E-state index contributed by atoms with van der Waals surface area (Å²) in [6.45, 7) is 4.37. The number of hydrogen-bond acceptors (Lipinski definition) is 3. The van der Waals surface area contributed by atoms with Crippen molar-refractivity contribution in [1.29, 1.82) is 0 Å². The van der Waals surface area contributed by atoms with Gasteiger partial charge in [-0.2, -0.15) is 0 Å². The normalized spacial score (nSPS) is 15.1. The van der Waals surface area contributed by atoms with Gasteiger partial charge in [-0.15, -0.1) is 0 Å². The summed E-state index contributed by atoms with van der Waals surface area (Å²) in [5.41, 5.74) is 11.6. The molecule has 4 nitrogen and oxygen atoms in total. The van der Waals surface area contributed by atoms with Crippen molar-refractivity contribution in [2.75, 3.05) is 0 Å². The van der Waals surface area contributed by atoms with Gasteiger partial charge in [-0.25, -0.2) is 0 Å². The summed E-state index contributed by atoms with van der Waals surface area (Å²) in [6.07, 6.45) is 0.934. The highest BCUT2D eigenvalue weighted by molar-refractivity contribution is 8.14. The molecule has 1 aliphatic heterocycles. The van der Waals surface area contributed by atoms with Crippen molar-refractivity contribution in [1.82, 2.24) is 0 Å². The van der Waals surface area contributed by atoms with E-state index in [1.54, 1.807) is 11.8 Å². The Bertz CT molecular complexity index is 1060. The van der Waals surface area contributed by atoms with E-state index in [1.165, 1.54) is 21.9 Å². The predicted molar refractivity (Wildman–Crippen MR) is 109 cm³/mol. The zero-order chi connectivity index (χ0) is 18.1. The first-order chi connectivity index (χ1) is 12.6. The lowest BCUT2D eigenvalue weighted by atomic mass is 9.86. The van der Waals surface area contributed by atoms with E-state index < -0.39 is 0 Å². The van der Waals surface area contributed by atoms with Crippen LogP contribution in [0.2, 0.25) is 0 Å². The van der Waals surface area contributed by atoms with Crippen LogP contribution in [0.4, 0.5) is 5.69 Å². The minimum Gasteiger partial charge on any atom is -0.271 e. The van der Waals surface area contributed by atoms with E-state index in [0.717, 1.165) is 16.4 Å². The number of nitrogens with zero attached hydrogens (tertiary/aromatic N) is 4. The first-order valence-electron chi connectivity index (χ1n) is 8.50. The number of benzene rings is 3. The molecule has 0 amide bonds. The summed E-state index contributed by atoms with van der Waals surface area (Å²) in [6, 6.07) is 20.5. The third-order valence-corrected chi connectivity index (χ3v) is 5.51. The van der Waals surface area contributed by atoms with Crippen molar-refractivity contribution < 1.29 is 0 Å². The van der Waals surface area contributed by atoms with Crippen LogP contribution in [-0.2, 0) is 6.42 Å². The van der Waals surface area contributed by atoms with E-state index in [0.29, 0.717) is 5.69 Å². The zero-order valence-electron chi connectivity index (χ0n) is 14.7. The quantitative estimate of drug-likeness (QED) is 0.287. The molecule has 0 bridgehead atoms. The van der Waals surface area contributed by atoms with Crippen LogP contribution in [0.5, 0.6) is 0 Å². The van der Waals surface area contributed by atoms with Crippen LogP contribution in [0.15, 0.2) is 75.7 Å². The summed E-state index contributed by atoms with van der Waals surface area (Å²) in [5, 5.41) is 7.25. The monoisotopic (exact) mass is 358 g/mol.